The number of anilines is 1. The standard InChI is InChI=1S/C20H23ClN4O/c1-2-26-19-11-16(3-4-18(19)21)14-25(17-6-8-23-9-7-17)20-12-15(13-22)5-10-24-20/h3-5,10-12,17,23H,2,6-9,14H2,1H3. The van der Waals surface area contributed by atoms with Crippen molar-refractivity contribution in [2.45, 2.75) is 32.4 Å². The molecule has 0 aliphatic carbocycles. The second kappa shape index (κ2) is 8.88. The first kappa shape index (κ1) is 18.5. The summed E-state index contributed by atoms with van der Waals surface area (Å²) in [5, 5.41) is 13.3. The normalized spacial score (nSPS) is 14.7. The van der Waals surface area contributed by atoms with Gasteiger partial charge in [-0.2, -0.15) is 5.26 Å². The SMILES string of the molecule is CCOc1cc(CN(c2cc(C#N)ccn2)C2CCNCC2)ccc1Cl. The molecule has 1 aromatic carbocycles. The van der Waals surface area contributed by atoms with Gasteiger partial charge in [0.1, 0.15) is 11.6 Å². The van der Waals surface area contributed by atoms with Crippen LogP contribution in [-0.4, -0.2) is 30.7 Å². The summed E-state index contributed by atoms with van der Waals surface area (Å²) in [6.07, 6.45) is 3.80. The Kier molecular flexibility index (Phi) is 6.32. The van der Waals surface area contributed by atoms with Crippen LogP contribution in [0.15, 0.2) is 36.5 Å². The minimum Gasteiger partial charge on any atom is -0.492 e. The molecule has 1 aromatic heterocycles. The van der Waals surface area contributed by atoms with Crippen molar-refractivity contribution in [3.05, 3.63) is 52.7 Å². The molecule has 0 saturated carbocycles. The average molecular weight is 371 g/mol. The molecule has 26 heavy (non-hydrogen) atoms. The van der Waals surface area contributed by atoms with Crippen LogP contribution in [0.1, 0.15) is 30.9 Å². The van der Waals surface area contributed by atoms with Crippen LogP contribution < -0.4 is 15.0 Å². The van der Waals surface area contributed by atoms with E-state index in [1.54, 1.807) is 12.3 Å². The quantitative estimate of drug-likeness (QED) is 0.838. The summed E-state index contributed by atoms with van der Waals surface area (Å²) in [7, 11) is 0. The molecule has 0 atom stereocenters. The lowest BCUT2D eigenvalue weighted by Crippen LogP contribution is -2.43. The zero-order chi connectivity index (χ0) is 18.4. The van der Waals surface area contributed by atoms with Gasteiger partial charge < -0.3 is 15.0 Å². The second-order valence-corrected chi connectivity index (χ2v) is 6.73. The highest BCUT2D eigenvalue weighted by Gasteiger charge is 2.23. The molecule has 3 rings (SSSR count). The molecule has 1 aliphatic rings. The minimum absolute atomic E-state index is 0.379. The molecule has 1 aliphatic heterocycles. The van der Waals surface area contributed by atoms with Crippen molar-refractivity contribution in [3.63, 3.8) is 0 Å². The number of nitriles is 1. The second-order valence-electron chi connectivity index (χ2n) is 6.32. The van der Waals surface area contributed by atoms with Gasteiger partial charge in [-0.3, -0.25) is 0 Å². The van der Waals surface area contributed by atoms with Crippen LogP contribution >= 0.6 is 11.6 Å². The number of pyridine rings is 1. The van der Waals surface area contributed by atoms with E-state index in [0.29, 0.717) is 35.5 Å². The highest BCUT2D eigenvalue weighted by atomic mass is 35.5. The Morgan fingerprint density at radius 3 is 2.85 bits per heavy atom. The van der Waals surface area contributed by atoms with Gasteiger partial charge in [-0.15, -0.1) is 0 Å². The van der Waals surface area contributed by atoms with Crippen molar-refractivity contribution in [2.24, 2.45) is 0 Å². The van der Waals surface area contributed by atoms with E-state index in [1.165, 1.54) is 0 Å². The fourth-order valence-corrected chi connectivity index (χ4v) is 3.44. The van der Waals surface area contributed by atoms with Crippen LogP contribution in [0.2, 0.25) is 5.02 Å². The van der Waals surface area contributed by atoms with Gasteiger partial charge in [-0.1, -0.05) is 17.7 Å². The monoisotopic (exact) mass is 370 g/mol. The predicted molar refractivity (Wildman–Crippen MR) is 104 cm³/mol. The Labute approximate surface area is 159 Å². The van der Waals surface area contributed by atoms with Gasteiger partial charge in [-0.25, -0.2) is 4.98 Å². The van der Waals surface area contributed by atoms with Crippen molar-refractivity contribution in [1.29, 1.82) is 5.26 Å². The number of hydrogen-bond acceptors (Lipinski definition) is 5. The molecule has 1 fully saturated rings. The van der Waals surface area contributed by atoms with Crippen molar-refractivity contribution < 1.29 is 4.74 Å². The molecule has 0 bridgehead atoms. The van der Waals surface area contributed by atoms with Gasteiger partial charge in [0.15, 0.2) is 0 Å². The number of nitrogens with zero attached hydrogens (tertiary/aromatic N) is 3. The highest BCUT2D eigenvalue weighted by Crippen LogP contribution is 2.28. The van der Waals surface area contributed by atoms with Gasteiger partial charge in [0.2, 0.25) is 0 Å². The summed E-state index contributed by atoms with van der Waals surface area (Å²) in [5.41, 5.74) is 1.74. The molecular weight excluding hydrogens is 348 g/mol. The van der Waals surface area contributed by atoms with Gasteiger partial charge >= 0.3 is 0 Å². The van der Waals surface area contributed by atoms with Crippen molar-refractivity contribution in [2.75, 3.05) is 24.6 Å². The number of halogens is 1. The van der Waals surface area contributed by atoms with E-state index in [1.807, 2.05) is 31.2 Å². The number of hydrogen-bond donors (Lipinski definition) is 1. The molecule has 0 spiro atoms. The smallest absolute Gasteiger partial charge is 0.138 e. The van der Waals surface area contributed by atoms with Crippen LogP contribution in [0.3, 0.4) is 0 Å². The lowest BCUT2D eigenvalue weighted by Gasteiger charge is -2.35. The van der Waals surface area contributed by atoms with Gasteiger partial charge in [0.25, 0.3) is 0 Å². The highest BCUT2D eigenvalue weighted by molar-refractivity contribution is 6.32. The van der Waals surface area contributed by atoms with E-state index in [4.69, 9.17) is 16.3 Å². The first-order chi connectivity index (χ1) is 12.7. The fraction of sp³-hybridized carbons (Fsp3) is 0.400. The Hall–Kier alpha value is -2.29. The molecule has 136 valence electrons. The summed E-state index contributed by atoms with van der Waals surface area (Å²) in [6.45, 7) is 5.20. The molecular formula is C20H23ClN4O. The first-order valence-corrected chi connectivity index (χ1v) is 9.33. The molecule has 5 nitrogen and oxygen atoms in total. The summed E-state index contributed by atoms with van der Waals surface area (Å²) in [5.74, 6) is 1.54. The van der Waals surface area contributed by atoms with Crippen LogP contribution in [0.25, 0.3) is 0 Å². The Morgan fingerprint density at radius 2 is 2.12 bits per heavy atom. The van der Waals surface area contributed by atoms with Crippen LogP contribution in [0.5, 0.6) is 5.75 Å². The summed E-state index contributed by atoms with van der Waals surface area (Å²) in [4.78, 5) is 6.82. The van der Waals surface area contributed by atoms with E-state index in [9.17, 15) is 5.26 Å². The van der Waals surface area contributed by atoms with Gasteiger partial charge in [0.05, 0.1) is 23.3 Å². The lowest BCUT2D eigenvalue weighted by atomic mass is 10.0. The minimum atomic E-state index is 0.379. The Morgan fingerprint density at radius 1 is 1.31 bits per heavy atom. The summed E-state index contributed by atoms with van der Waals surface area (Å²) >= 11 is 6.22. The third-order valence-corrected chi connectivity index (χ3v) is 4.88. The van der Waals surface area contributed by atoms with E-state index in [-0.39, 0.29) is 0 Å². The van der Waals surface area contributed by atoms with Gasteiger partial charge in [0, 0.05) is 18.8 Å². The Bertz CT molecular complexity index is 784. The summed E-state index contributed by atoms with van der Waals surface area (Å²) < 4.78 is 5.63. The van der Waals surface area contributed by atoms with Crippen LogP contribution in [-0.2, 0) is 6.54 Å². The number of aromatic nitrogens is 1. The summed E-state index contributed by atoms with van der Waals surface area (Å²) in [6, 6.07) is 12.1. The molecule has 0 unspecified atom stereocenters. The fourth-order valence-electron chi connectivity index (χ4n) is 3.27. The number of piperidine rings is 1. The number of ether oxygens (including phenoxy) is 1. The molecule has 6 heteroatoms. The zero-order valence-corrected chi connectivity index (χ0v) is 15.7. The number of benzene rings is 1. The molecule has 0 radical (unpaired) electrons. The third-order valence-electron chi connectivity index (χ3n) is 4.57. The molecule has 0 amide bonds. The third kappa shape index (κ3) is 4.46. The van der Waals surface area contributed by atoms with E-state index >= 15 is 0 Å². The topological polar surface area (TPSA) is 61.2 Å². The van der Waals surface area contributed by atoms with Crippen molar-refractivity contribution >= 4 is 17.4 Å². The number of nitrogens with one attached hydrogen (secondary N) is 1. The van der Waals surface area contributed by atoms with Crippen molar-refractivity contribution in [3.8, 4) is 11.8 Å². The van der Waals surface area contributed by atoms with E-state index in [0.717, 1.165) is 37.3 Å². The van der Waals surface area contributed by atoms with Crippen LogP contribution in [0.4, 0.5) is 5.82 Å². The molecule has 2 aromatic rings. The average Bonchev–Trinajstić information content (AvgIpc) is 2.69. The lowest BCUT2D eigenvalue weighted by molar-refractivity contribution is 0.340. The van der Waals surface area contributed by atoms with Crippen LogP contribution in [0, 0.1) is 11.3 Å². The maximum atomic E-state index is 9.23. The van der Waals surface area contributed by atoms with Crippen molar-refractivity contribution in [1.82, 2.24) is 10.3 Å². The predicted octanol–water partition coefficient (Wildman–Crippen LogP) is 3.76. The first-order valence-electron chi connectivity index (χ1n) is 8.96. The number of rotatable bonds is 6. The zero-order valence-electron chi connectivity index (χ0n) is 14.9. The maximum absolute atomic E-state index is 9.23. The Balaban J connectivity index is 1.90. The molecule has 1 saturated heterocycles. The van der Waals surface area contributed by atoms with E-state index in [2.05, 4.69) is 21.3 Å². The largest absolute Gasteiger partial charge is 0.492 e. The maximum Gasteiger partial charge on any atom is 0.138 e. The molecule has 2 heterocycles. The van der Waals surface area contributed by atoms with E-state index < -0.39 is 0 Å². The van der Waals surface area contributed by atoms with Gasteiger partial charge in [-0.05, 0) is 62.7 Å². The molecule has 1 N–H and O–H groups in total.